The fourth-order valence-corrected chi connectivity index (χ4v) is 6.83. The van der Waals surface area contributed by atoms with Gasteiger partial charge < -0.3 is 29.7 Å². The summed E-state index contributed by atoms with van der Waals surface area (Å²) in [7, 11) is 1.98. The van der Waals surface area contributed by atoms with E-state index in [2.05, 4.69) is 35.3 Å². The van der Waals surface area contributed by atoms with Gasteiger partial charge in [-0.05, 0) is 93.0 Å². The van der Waals surface area contributed by atoms with Crippen molar-refractivity contribution in [3.8, 4) is 24.7 Å². The maximum absolute atomic E-state index is 12.3. The first-order chi connectivity index (χ1) is 29.3. The van der Waals surface area contributed by atoms with Crippen molar-refractivity contribution in [2.75, 3.05) is 38.6 Å². The fraction of sp³-hybridized carbons (Fsp3) is 0.426. The molecule has 1 aliphatic heterocycles. The van der Waals surface area contributed by atoms with E-state index < -0.39 is 12.2 Å². The van der Waals surface area contributed by atoms with Gasteiger partial charge in [-0.2, -0.15) is 5.26 Å². The molecule has 1 atom stereocenters. The van der Waals surface area contributed by atoms with Crippen LogP contribution < -0.4 is 67.1 Å². The van der Waals surface area contributed by atoms with Crippen molar-refractivity contribution >= 4 is 53.0 Å². The maximum Gasteiger partial charge on any atom is 1.00 e. The number of allylic oxidation sites excluding steroid dienone is 2. The third kappa shape index (κ3) is 16.7. The Morgan fingerprint density at radius 1 is 1.05 bits per heavy atom. The number of anilines is 1. The number of ether oxygens (including phenoxy) is 2. The maximum atomic E-state index is 12.3. The molecule has 0 saturated carbocycles. The predicted octanol–water partition coefficient (Wildman–Crippen LogP) is 3.93. The van der Waals surface area contributed by atoms with Gasteiger partial charge in [0.25, 0.3) is 12.4 Å². The van der Waals surface area contributed by atoms with Gasteiger partial charge in [0.1, 0.15) is 19.0 Å². The number of aldehydes is 1. The van der Waals surface area contributed by atoms with E-state index in [4.69, 9.17) is 19.7 Å². The molecule has 1 aliphatic rings. The molecule has 2 N–H and O–H groups in total. The molecule has 3 amide bonds. The molecule has 0 radical (unpaired) electrons. The zero-order chi connectivity index (χ0) is 45.5. The summed E-state index contributed by atoms with van der Waals surface area (Å²) >= 11 is 0. The van der Waals surface area contributed by atoms with Gasteiger partial charge in [0.05, 0.1) is 29.4 Å². The molecule has 4 rings (SSSR count). The van der Waals surface area contributed by atoms with Crippen LogP contribution in [0.15, 0.2) is 59.7 Å². The number of hydrogen-bond donors (Lipinski definition) is 2. The Morgan fingerprint density at radius 2 is 1.73 bits per heavy atom. The SMILES string of the molecule is C#C.CCN(CC)C(=O)c1ccc(NC(=O)OC(CC#N)CCCCCNC(C)=O)cc1.CCc1c2c(nc3ccc([O-])cc13)/C(=C/C(=C(\C=O)COC=O)C(C)C)N(C)C2.[K+]. The number of aryl methyl sites for hydroxylation is 1. The fourth-order valence-electron chi connectivity index (χ4n) is 6.83. The molecule has 62 heavy (non-hydrogen) atoms. The third-order valence-corrected chi connectivity index (χ3v) is 9.91. The number of aromatic nitrogens is 1. The van der Waals surface area contributed by atoms with Gasteiger partial charge in [0.15, 0.2) is 0 Å². The monoisotopic (exact) mass is 874 g/mol. The molecule has 0 bridgehead atoms. The van der Waals surface area contributed by atoms with E-state index in [0.717, 1.165) is 71.0 Å². The minimum absolute atomic E-state index is 0. The summed E-state index contributed by atoms with van der Waals surface area (Å²) in [5, 5.41) is 27.1. The van der Waals surface area contributed by atoms with E-state index in [1.165, 1.54) is 13.0 Å². The van der Waals surface area contributed by atoms with E-state index in [1.54, 1.807) is 41.3 Å². The number of pyridine rings is 1. The number of terminal acetylenes is 1. The molecule has 326 valence electrons. The molecule has 0 aliphatic carbocycles. The summed E-state index contributed by atoms with van der Waals surface area (Å²) in [5.41, 5.74) is 7.14. The molecule has 2 aromatic carbocycles. The summed E-state index contributed by atoms with van der Waals surface area (Å²) in [4.78, 5) is 66.2. The molecular formula is C47H59KN6O8. The van der Waals surface area contributed by atoms with Crippen molar-refractivity contribution in [3.05, 3.63) is 82.1 Å². The van der Waals surface area contributed by atoms with E-state index in [9.17, 15) is 29.1 Å². The van der Waals surface area contributed by atoms with Crippen molar-refractivity contribution in [1.29, 1.82) is 5.26 Å². The summed E-state index contributed by atoms with van der Waals surface area (Å²) in [6.07, 6.45) is 13.6. The minimum Gasteiger partial charge on any atom is -0.872 e. The van der Waals surface area contributed by atoms with Crippen LogP contribution in [0, 0.1) is 30.1 Å². The van der Waals surface area contributed by atoms with Crippen molar-refractivity contribution < 1.29 is 89.9 Å². The Balaban J connectivity index is 0.000000587. The number of unbranched alkanes of at least 4 members (excludes halogenated alkanes) is 2. The van der Waals surface area contributed by atoms with Gasteiger partial charge in [-0.15, -0.1) is 18.6 Å². The quantitative estimate of drug-likeness (QED) is 0.0583. The number of rotatable bonds is 19. The topological polar surface area (TPSA) is 194 Å². The second kappa shape index (κ2) is 29.3. The first-order valence-corrected chi connectivity index (χ1v) is 20.4. The number of carbonyl (C=O) groups excluding carboxylic acids is 5. The molecule has 15 heteroatoms. The molecule has 2 heterocycles. The Bertz CT molecular complexity index is 2090. The zero-order valence-electron chi connectivity index (χ0n) is 37.4. The van der Waals surface area contributed by atoms with Gasteiger partial charge >= 0.3 is 57.5 Å². The van der Waals surface area contributed by atoms with Crippen molar-refractivity contribution in [2.24, 2.45) is 5.92 Å². The normalized spacial score (nSPS) is 12.7. The van der Waals surface area contributed by atoms with Crippen LogP contribution in [0.4, 0.5) is 10.5 Å². The van der Waals surface area contributed by atoms with E-state index in [1.807, 2.05) is 46.9 Å². The van der Waals surface area contributed by atoms with Gasteiger partial charge in [-0.3, -0.25) is 24.5 Å². The molecule has 1 unspecified atom stereocenters. The second-order valence-electron chi connectivity index (χ2n) is 14.4. The van der Waals surface area contributed by atoms with Crippen LogP contribution in [0.2, 0.25) is 0 Å². The number of carbonyl (C=O) groups is 5. The summed E-state index contributed by atoms with van der Waals surface area (Å²) in [5.74, 6) is -0.0686. The molecule has 14 nitrogen and oxygen atoms in total. The molecule has 0 spiro atoms. The number of amides is 3. The largest absolute Gasteiger partial charge is 1.00 e. The van der Waals surface area contributed by atoms with Gasteiger partial charge in [0, 0.05) is 67.9 Å². The first kappa shape index (κ1) is 55.0. The van der Waals surface area contributed by atoms with Crippen LogP contribution in [-0.4, -0.2) is 84.8 Å². The summed E-state index contributed by atoms with van der Waals surface area (Å²) in [6, 6.07) is 13.6. The molecule has 0 fully saturated rings. The van der Waals surface area contributed by atoms with E-state index in [0.29, 0.717) is 55.9 Å². The van der Waals surface area contributed by atoms with Crippen LogP contribution >= 0.6 is 0 Å². The Morgan fingerprint density at radius 3 is 2.29 bits per heavy atom. The summed E-state index contributed by atoms with van der Waals surface area (Å²) < 4.78 is 10.2. The Labute approximate surface area is 408 Å². The standard InChI is InChI=1S/C23H26N2O4.C22H32N4O4.C2H2.K/c1-5-17-19-8-16(28)6-7-21(19)24-23-20(17)10-25(4)22(23)9-18(14(2)3)15(11-26)12-29-13-27;1-4-26(5-2)21(28)18-10-12-19(13-11-18)25-22(29)30-20(14-15-23)9-7-6-8-16-24-17(3)27;1-2;/h6-9,11,13-14,28H,5,10,12H2,1-4H3;10-13,20H,4-9,14,16H2,1-3H3,(H,24,27)(H,25,29);1-2H;/q;;;+1/p-1/b18-15-,22-9-;;;. The van der Waals surface area contributed by atoms with Crippen molar-refractivity contribution in [2.45, 2.75) is 92.7 Å². The number of hydrogen-bond acceptors (Lipinski definition) is 11. The molecule has 3 aromatic rings. The number of nitrogens with zero attached hydrogens (tertiary/aromatic N) is 4. The Hall–Kier alpha value is -5.03. The van der Waals surface area contributed by atoms with E-state index in [-0.39, 0.29) is 87.9 Å². The molecule has 0 saturated heterocycles. The zero-order valence-corrected chi connectivity index (χ0v) is 40.5. The van der Waals surface area contributed by atoms with Crippen LogP contribution in [0.25, 0.3) is 16.6 Å². The summed E-state index contributed by atoms with van der Waals surface area (Å²) in [6.45, 7) is 14.2. The van der Waals surface area contributed by atoms with Crippen LogP contribution in [-0.2, 0) is 36.8 Å². The number of fused-ring (bicyclic) bond motifs is 2. The molecular weight excluding hydrogens is 816 g/mol. The smallest absolute Gasteiger partial charge is 0.872 e. The van der Waals surface area contributed by atoms with E-state index >= 15 is 0 Å². The average Bonchev–Trinajstić information content (AvgIpc) is 3.55. The van der Waals surface area contributed by atoms with Crippen molar-refractivity contribution in [1.82, 2.24) is 20.1 Å². The predicted molar refractivity (Wildman–Crippen MR) is 235 cm³/mol. The number of benzene rings is 2. The number of nitrogens with one attached hydrogen (secondary N) is 2. The van der Waals surface area contributed by atoms with Gasteiger partial charge in [0.2, 0.25) is 5.91 Å². The van der Waals surface area contributed by atoms with Crippen LogP contribution in [0.1, 0.15) is 101 Å². The third-order valence-electron chi connectivity index (χ3n) is 9.91. The second-order valence-corrected chi connectivity index (χ2v) is 14.4. The number of nitriles is 1. The van der Waals surface area contributed by atoms with Crippen LogP contribution in [0.5, 0.6) is 5.75 Å². The molecule has 1 aromatic heterocycles. The van der Waals surface area contributed by atoms with Gasteiger partial charge in [-0.1, -0.05) is 39.3 Å². The van der Waals surface area contributed by atoms with Gasteiger partial charge in [-0.25, -0.2) is 9.78 Å². The first-order valence-electron chi connectivity index (χ1n) is 20.4. The average molecular weight is 875 g/mol. The van der Waals surface area contributed by atoms with Crippen LogP contribution in [0.3, 0.4) is 0 Å². The minimum atomic E-state index is -0.628. The Kier molecular flexibility index (Phi) is 26.0. The van der Waals surface area contributed by atoms with Crippen molar-refractivity contribution in [3.63, 3.8) is 0 Å².